The Kier molecular flexibility index (Phi) is 4.41. The van der Waals surface area contributed by atoms with Crippen molar-refractivity contribution in [1.29, 1.82) is 0 Å². The van der Waals surface area contributed by atoms with Crippen LogP contribution in [0.2, 0.25) is 0 Å². The fourth-order valence-electron chi connectivity index (χ4n) is 2.88. The molecule has 0 aliphatic heterocycles. The van der Waals surface area contributed by atoms with Crippen LogP contribution in [0.25, 0.3) is 10.9 Å². The molecule has 1 heterocycles. The second-order valence-corrected chi connectivity index (χ2v) is 5.68. The van der Waals surface area contributed by atoms with Gasteiger partial charge in [-0.25, -0.2) is 0 Å². The van der Waals surface area contributed by atoms with Crippen molar-refractivity contribution in [3.63, 3.8) is 0 Å². The van der Waals surface area contributed by atoms with E-state index in [-0.39, 0.29) is 5.54 Å². The summed E-state index contributed by atoms with van der Waals surface area (Å²) in [5.41, 5.74) is 1.62. The van der Waals surface area contributed by atoms with Crippen molar-refractivity contribution in [1.82, 2.24) is 9.88 Å². The van der Waals surface area contributed by atoms with Crippen LogP contribution in [0, 0.1) is 0 Å². The largest absolute Gasteiger partial charge is 0.386 e. The molecule has 1 N–H and O–H groups in total. The first kappa shape index (κ1) is 14.9. The van der Waals surface area contributed by atoms with Gasteiger partial charge in [0.25, 0.3) is 0 Å². The fraction of sp³-hybridized carbons (Fsp3) is 0.471. The number of aromatic nitrogens is 1. The fourth-order valence-corrected chi connectivity index (χ4v) is 2.88. The molecule has 0 saturated carbocycles. The first-order valence-corrected chi connectivity index (χ1v) is 7.28. The summed E-state index contributed by atoms with van der Waals surface area (Å²) in [4.78, 5) is 6.60. The van der Waals surface area contributed by atoms with Crippen LogP contribution >= 0.6 is 0 Å². The molecule has 0 saturated heterocycles. The minimum atomic E-state index is -0.521. The molecule has 1 aromatic carbocycles. The van der Waals surface area contributed by atoms with Gasteiger partial charge in [0, 0.05) is 17.1 Å². The summed E-state index contributed by atoms with van der Waals surface area (Å²) in [6, 6.07) is 9.95. The van der Waals surface area contributed by atoms with Crippen LogP contribution in [0.1, 0.15) is 39.4 Å². The Labute approximate surface area is 121 Å². The molecule has 3 nitrogen and oxygen atoms in total. The van der Waals surface area contributed by atoms with Gasteiger partial charge in [-0.15, -0.1) is 0 Å². The van der Waals surface area contributed by atoms with E-state index < -0.39 is 6.10 Å². The number of rotatable bonds is 5. The first-order chi connectivity index (χ1) is 9.50. The Morgan fingerprint density at radius 3 is 2.55 bits per heavy atom. The van der Waals surface area contributed by atoms with Gasteiger partial charge in [0.1, 0.15) is 0 Å². The van der Waals surface area contributed by atoms with E-state index in [1.165, 1.54) is 0 Å². The van der Waals surface area contributed by atoms with E-state index in [4.69, 9.17) is 0 Å². The molecule has 0 fully saturated rings. The molecule has 0 radical (unpaired) electrons. The van der Waals surface area contributed by atoms with Crippen LogP contribution in [0.5, 0.6) is 0 Å². The van der Waals surface area contributed by atoms with E-state index in [0.29, 0.717) is 0 Å². The van der Waals surface area contributed by atoms with E-state index in [0.717, 1.165) is 29.6 Å². The third-order valence-electron chi connectivity index (χ3n) is 4.19. The topological polar surface area (TPSA) is 36.4 Å². The van der Waals surface area contributed by atoms with Gasteiger partial charge in [-0.2, -0.15) is 0 Å². The van der Waals surface area contributed by atoms with E-state index in [9.17, 15) is 5.11 Å². The highest BCUT2D eigenvalue weighted by atomic mass is 16.3. The lowest BCUT2D eigenvalue weighted by Crippen LogP contribution is -2.48. The maximum Gasteiger partial charge on any atom is 0.0968 e. The Hall–Kier alpha value is -1.45. The predicted octanol–water partition coefficient (Wildman–Crippen LogP) is 3.39. The second-order valence-electron chi connectivity index (χ2n) is 5.68. The number of benzene rings is 1. The van der Waals surface area contributed by atoms with Gasteiger partial charge < -0.3 is 5.11 Å². The zero-order chi connectivity index (χ0) is 14.8. The molecule has 108 valence electrons. The van der Waals surface area contributed by atoms with Crippen LogP contribution in [-0.2, 0) is 0 Å². The monoisotopic (exact) mass is 272 g/mol. The van der Waals surface area contributed by atoms with Crippen molar-refractivity contribution < 1.29 is 5.11 Å². The smallest absolute Gasteiger partial charge is 0.0968 e. The zero-order valence-electron chi connectivity index (χ0n) is 12.8. The van der Waals surface area contributed by atoms with Crippen molar-refractivity contribution in [2.24, 2.45) is 0 Å². The number of hydrogen-bond acceptors (Lipinski definition) is 3. The van der Waals surface area contributed by atoms with Crippen molar-refractivity contribution in [3.8, 4) is 0 Å². The van der Waals surface area contributed by atoms with Crippen LogP contribution in [0.4, 0.5) is 0 Å². The lowest BCUT2D eigenvalue weighted by molar-refractivity contribution is -0.00619. The van der Waals surface area contributed by atoms with Gasteiger partial charge in [-0.1, -0.05) is 26.0 Å². The van der Waals surface area contributed by atoms with Gasteiger partial charge in [0.05, 0.1) is 11.6 Å². The minimum Gasteiger partial charge on any atom is -0.386 e. The Morgan fingerprint density at radius 2 is 1.90 bits per heavy atom. The molecule has 2 rings (SSSR count). The molecule has 2 aromatic rings. The molecule has 0 spiro atoms. The van der Waals surface area contributed by atoms with Crippen molar-refractivity contribution in [3.05, 3.63) is 42.1 Å². The molecular formula is C17H24N2O. The number of hydrogen-bond donors (Lipinski definition) is 1. The third kappa shape index (κ3) is 2.69. The molecule has 3 heteroatoms. The highest BCUT2D eigenvalue weighted by molar-refractivity contribution is 5.79. The van der Waals surface area contributed by atoms with E-state index >= 15 is 0 Å². The van der Waals surface area contributed by atoms with Gasteiger partial charge in [-0.3, -0.25) is 9.88 Å². The number of fused-ring (bicyclic) bond motifs is 1. The SMILES string of the molecule is CCN(CC)C(C)(C)C(O)c1ccc2ncccc2c1. The summed E-state index contributed by atoms with van der Waals surface area (Å²) >= 11 is 0. The zero-order valence-corrected chi connectivity index (χ0v) is 12.8. The molecule has 1 atom stereocenters. The van der Waals surface area contributed by atoms with Crippen molar-refractivity contribution >= 4 is 10.9 Å². The van der Waals surface area contributed by atoms with Crippen molar-refractivity contribution in [2.75, 3.05) is 13.1 Å². The van der Waals surface area contributed by atoms with Crippen LogP contribution in [0.15, 0.2) is 36.5 Å². The molecule has 0 bridgehead atoms. The number of likely N-dealkylation sites (N-methyl/N-ethyl adjacent to an activating group) is 1. The summed E-state index contributed by atoms with van der Waals surface area (Å²) in [5.74, 6) is 0. The van der Waals surface area contributed by atoms with E-state index in [1.807, 2.05) is 30.3 Å². The molecule has 1 unspecified atom stereocenters. The summed E-state index contributed by atoms with van der Waals surface area (Å²) in [6.45, 7) is 10.3. The normalized spacial score (nSPS) is 13.9. The Bertz CT molecular complexity index is 576. The standard InChI is InChI=1S/C17H24N2O/c1-5-19(6-2)17(3,4)16(20)14-9-10-15-13(12-14)8-7-11-18-15/h7-12,16,20H,5-6H2,1-4H3. The summed E-state index contributed by atoms with van der Waals surface area (Å²) in [7, 11) is 0. The Morgan fingerprint density at radius 1 is 1.20 bits per heavy atom. The molecule has 0 aliphatic carbocycles. The lowest BCUT2D eigenvalue weighted by Gasteiger charge is -2.41. The second kappa shape index (κ2) is 5.90. The number of pyridine rings is 1. The summed E-state index contributed by atoms with van der Waals surface area (Å²) < 4.78 is 0. The average molecular weight is 272 g/mol. The van der Waals surface area contributed by atoms with Crippen LogP contribution in [0.3, 0.4) is 0 Å². The number of aliphatic hydroxyl groups excluding tert-OH is 1. The van der Waals surface area contributed by atoms with Crippen molar-refractivity contribution in [2.45, 2.75) is 39.3 Å². The van der Waals surface area contributed by atoms with Gasteiger partial charge in [0.2, 0.25) is 0 Å². The van der Waals surface area contributed by atoms with E-state index in [1.54, 1.807) is 6.20 Å². The third-order valence-corrected chi connectivity index (χ3v) is 4.19. The lowest BCUT2D eigenvalue weighted by atomic mass is 9.89. The maximum absolute atomic E-state index is 10.8. The molecule has 0 amide bonds. The van der Waals surface area contributed by atoms with Crippen LogP contribution in [-0.4, -0.2) is 33.6 Å². The highest BCUT2D eigenvalue weighted by Crippen LogP contribution is 2.32. The molecule has 1 aromatic heterocycles. The average Bonchev–Trinajstić information content (AvgIpc) is 2.47. The number of aliphatic hydroxyl groups is 1. The quantitative estimate of drug-likeness (QED) is 0.906. The number of nitrogens with zero attached hydrogens (tertiary/aromatic N) is 2. The van der Waals surface area contributed by atoms with Gasteiger partial charge in [0.15, 0.2) is 0 Å². The Balaban J connectivity index is 2.37. The molecule has 0 aliphatic rings. The molecule has 20 heavy (non-hydrogen) atoms. The van der Waals surface area contributed by atoms with Gasteiger partial charge >= 0.3 is 0 Å². The van der Waals surface area contributed by atoms with Gasteiger partial charge in [-0.05, 0) is 50.7 Å². The predicted molar refractivity (Wildman–Crippen MR) is 83.7 cm³/mol. The maximum atomic E-state index is 10.8. The molecular weight excluding hydrogens is 248 g/mol. The van der Waals surface area contributed by atoms with E-state index in [2.05, 4.69) is 37.6 Å². The first-order valence-electron chi connectivity index (χ1n) is 7.28. The summed E-state index contributed by atoms with van der Waals surface area (Å²) in [6.07, 6.45) is 1.27. The minimum absolute atomic E-state index is 0.292. The highest BCUT2D eigenvalue weighted by Gasteiger charge is 2.33. The van der Waals surface area contributed by atoms with Crippen LogP contribution < -0.4 is 0 Å². The summed E-state index contributed by atoms with van der Waals surface area (Å²) in [5, 5.41) is 11.8.